The highest BCUT2D eigenvalue weighted by Gasteiger charge is 2.30. The number of amides is 2. The summed E-state index contributed by atoms with van der Waals surface area (Å²) in [4.78, 5) is 26.2. The van der Waals surface area contributed by atoms with Crippen molar-refractivity contribution in [2.24, 2.45) is 0 Å². The van der Waals surface area contributed by atoms with Gasteiger partial charge in [0, 0.05) is 12.1 Å². The van der Waals surface area contributed by atoms with E-state index < -0.39 is 11.6 Å². The maximum atomic E-state index is 13.9. The molecule has 0 bridgehead atoms. The van der Waals surface area contributed by atoms with E-state index in [2.05, 4.69) is 15.9 Å². The van der Waals surface area contributed by atoms with Crippen LogP contribution in [-0.4, -0.2) is 41.2 Å². The molecule has 0 saturated carbocycles. The molecule has 0 N–H and O–H groups in total. The van der Waals surface area contributed by atoms with Crippen LogP contribution in [0.25, 0.3) is 0 Å². The maximum absolute atomic E-state index is 13.9. The molecule has 1 saturated heterocycles. The third-order valence-electron chi connectivity index (χ3n) is 3.23. The smallest absolute Gasteiger partial charge is 0.242 e. The minimum absolute atomic E-state index is 0.0490. The number of hydrogen-bond acceptors (Lipinski definition) is 2. The zero-order valence-corrected chi connectivity index (χ0v) is 12.4. The van der Waals surface area contributed by atoms with Crippen LogP contribution in [0.5, 0.6) is 0 Å². The van der Waals surface area contributed by atoms with Crippen molar-refractivity contribution in [1.29, 1.82) is 0 Å². The van der Waals surface area contributed by atoms with Gasteiger partial charge in [-0.1, -0.05) is 0 Å². The first-order valence-electron chi connectivity index (χ1n) is 6.12. The molecule has 1 heterocycles. The number of rotatable bonds is 3. The van der Waals surface area contributed by atoms with Crippen LogP contribution in [0.4, 0.5) is 8.78 Å². The first kappa shape index (κ1) is 14.9. The average molecular weight is 347 g/mol. The Hall–Kier alpha value is -1.50. The topological polar surface area (TPSA) is 40.6 Å². The molecule has 1 aliphatic heterocycles. The lowest BCUT2D eigenvalue weighted by Gasteiger charge is -2.33. The molecule has 4 nitrogen and oxygen atoms in total. The lowest BCUT2D eigenvalue weighted by Crippen LogP contribution is -2.53. The minimum Gasteiger partial charge on any atom is -0.332 e. The fraction of sp³-hybridized carbons (Fsp3) is 0.385. The highest BCUT2D eigenvalue weighted by atomic mass is 79.9. The molecule has 1 aliphatic rings. The fourth-order valence-corrected chi connectivity index (χ4v) is 2.41. The Bertz CT molecular complexity index is 566. The lowest BCUT2D eigenvalue weighted by molar-refractivity contribution is -0.150. The summed E-state index contributed by atoms with van der Waals surface area (Å²) in [6.45, 7) is 1.76. The zero-order chi connectivity index (χ0) is 14.9. The van der Waals surface area contributed by atoms with Gasteiger partial charge >= 0.3 is 0 Å². The van der Waals surface area contributed by atoms with E-state index in [1.807, 2.05) is 0 Å². The van der Waals surface area contributed by atoms with Gasteiger partial charge in [0.05, 0.1) is 17.6 Å². The third-order valence-corrected chi connectivity index (χ3v) is 3.84. The molecule has 0 aromatic heterocycles. The number of nitrogens with zero attached hydrogens (tertiary/aromatic N) is 2. The monoisotopic (exact) mass is 346 g/mol. The first-order chi connectivity index (χ1) is 9.43. The Kier molecular flexibility index (Phi) is 4.37. The van der Waals surface area contributed by atoms with Crippen LogP contribution in [0.1, 0.15) is 12.5 Å². The van der Waals surface area contributed by atoms with Crippen molar-refractivity contribution in [3.8, 4) is 0 Å². The molecule has 1 fully saturated rings. The maximum Gasteiger partial charge on any atom is 0.242 e. The predicted octanol–water partition coefficient (Wildman–Crippen LogP) is 1.92. The number of carbonyl (C=O) groups is 2. The molecule has 108 valence electrons. The number of piperazine rings is 1. The number of likely N-dealkylation sites (N-methyl/N-ethyl adjacent to an activating group) is 1. The van der Waals surface area contributed by atoms with Gasteiger partial charge in [-0.05, 0) is 35.0 Å². The normalized spacial score (nSPS) is 16.0. The van der Waals surface area contributed by atoms with Gasteiger partial charge in [-0.15, -0.1) is 0 Å². The third kappa shape index (κ3) is 2.82. The summed E-state index contributed by atoms with van der Waals surface area (Å²) >= 11 is 2.97. The van der Waals surface area contributed by atoms with Gasteiger partial charge in [0.1, 0.15) is 18.2 Å². The molecule has 20 heavy (non-hydrogen) atoms. The van der Waals surface area contributed by atoms with E-state index in [4.69, 9.17) is 0 Å². The van der Waals surface area contributed by atoms with E-state index in [9.17, 15) is 18.4 Å². The molecule has 2 amide bonds. The Morgan fingerprint density at radius 3 is 2.40 bits per heavy atom. The summed E-state index contributed by atoms with van der Waals surface area (Å²) in [7, 11) is 0. The predicted molar refractivity (Wildman–Crippen MR) is 71.7 cm³/mol. The molecule has 0 atom stereocenters. The molecule has 2 rings (SSSR count). The van der Waals surface area contributed by atoms with E-state index in [0.29, 0.717) is 6.54 Å². The summed E-state index contributed by atoms with van der Waals surface area (Å²) in [6.07, 6.45) is 0. The second-order valence-electron chi connectivity index (χ2n) is 4.48. The van der Waals surface area contributed by atoms with Crippen LogP contribution in [0, 0.1) is 11.6 Å². The fourth-order valence-electron chi connectivity index (χ4n) is 2.04. The summed E-state index contributed by atoms with van der Waals surface area (Å²) in [6, 6.07) is 2.38. The van der Waals surface area contributed by atoms with E-state index in [0.717, 1.165) is 6.07 Å². The zero-order valence-electron chi connectivity index (χ0n) is 10.8. The minimum atomic E-state index is -0.747. The van der Waals surface area contributed by atoms with Gasteiger partial charge < -0.3 is 9.80 Å². The van der Waals surface area contributed by atoms with E-state index in [1.54, 1.807) is 6.92 Å². The molecule has 1 aromatic carbocycles. The standard InChI is InChI=1S/C13H13BrF2N2O2/c1-2-17-6-12(20)18(7-11(17)19)5-8-10(15)4-3-9(14)13(8)16/h3-4H,2,5-7H2,1H3. The number of benzene rings is 1. The van der Waals surface area contributed by atoms with Crippen LogP contribution in [0.15, 0.2) is 16.6 Å². The summed E-state index contributed by atoms with van der Waals surface area (Å²) in [5, 5.41) is 0. The van der Waals surface area contributed by atoms with Gasteiger partial charge in [0.2, 0.25) is 11.8 Å². The molecule has 0 radical (unpaired) electrons. The average Bonchev–Trinajstić information content (AvgIpc) is 2.42. The van der Waals surface area contributed by atoms with Gasteiger partial charge in [0.25, 0.3) is 0 Å². The molecule has 0 unspecified atom stereocenters. The summed E-state index contributed by atoms with van der Waals surface area (Å²) < 4.78 is 27.6. The Balaban J connectivity index is 2.21. The van der Waals surface area contributed by atoms with Gasteiger partial charge in [0.15, 0.2) is 0 Å². The van der Waals surface area contributed by atoms with Crippen molar-refractivity contribution in [3.63, 3.8) is 0 Å². The Morgan fingerprint density at radius 2 is 1.75 bits per heavy atom. The molecular formula is C13H13BrF2N2O2. The van der Waals surface area contributed by atoms with Crippen molar-refractivity contribution < 1.29 is 18.4 Å². The lowest BCUT2D eigenvalue weighted by atomic mass is 10.1. The van der Waals surface area contributed by atoms with Crippen LogP contribution >= 0.6 is 15.9 Å². The highest BCUT2D eigenvalue weighted by Crippen LogP contribution is 2.23. The van der Waals surface area contributed by atoms with Crippen LogP contribution in [0.3, 0.4) is 0 Å². The van der Waals surface area contributed by atoms with E-state index in [1.165, 1.54) is 15.9 Å². The quantitative estimate of drug-likeness (QED) is 0.784. The van der Waals surface area contributed by atoms with Crippen molar-refractivity contribution in [1.82, 2.24) is 9.80 Å². The van der Waals surface area contributed by atoms with Crippen molar-refractivity contribution in [2.75, 3.05) is 19.6 Å². The van der Waals surface area contributed by atoms with E-state index >= 15 is 0 Å². The molecule has 7 heteroatoms. The van der Waals surface area contributed by atoms with Gasteiger partial charge in [-0.3, -0.25) is 9.59 Å². The summed E-state index contributed by atoms with van der Waals surface area (Å²) in [5.74, 6) is -2.01. The second kappa shape index (κ2) is 5.87. The van der Waals surface area contributed by atoms with Crippen LogP contribution in [0.2, 0.25) is 0 Å². The van der Waals surface area contributed by atoms with Crippen LogP contribution in [-0.2, 0) is 16.1 Å². The highest BCUT2D eigenvalue weighted by molar-refractivity contribution is 9.10. The van der Waals surface area contributed by atoms with E-state index in [-0.39, 0.29) is 41.5 Å². The molecule has 0 spiro atoms. The number of hydrogen-bond donors (Lipinski definition) is 0. The van der Waals surface area contributed by atoms with Crippen LogP contribution < -0.4 is 0 Å². The van der Waals surface area contributed by atoms with Gasteiger partial charge in [-0.2, -0.15) is 0 Å². The Labute approximate surface area is 123 Å². The second-order valence-corrected chi connectivity index (χ2v) is 5.33. The first-order valence-corrected chi connectivity index (χ1v) is 6.91. The molecule has 1 aromatic rings. The number of halogens is 3. The Morgan fingerprint density at radius 1 is 1.15 bits per heavy atom. The molecular weight excluding hydrogens is 334 g/mol. The number of carbonyl (C=O) groups excluding carboxylic acids is 2. The van der Waals surface area contributed by atoms with Crippen molar-refractivity contribution in [2.45, 2.75) is 13.5 Å². The largest absolute Gasteiger partial charge is 0.332 e. The summed E-state index contributed by atoms with van der Waals surface area (Å²) in [5.41, 5.74) is -0.217. The van der Waals surface area contributed by atoms with Crippen molar-refractivity contribution in [3.05, 3.63) is 33.8 Å². The van der Waals surface area contributed by atoms with Crippen molar-refractivity contribution >= 4 is 27.7 Å². The SMILES string of the molecule is CCN1CC(=O)N(Cc2c(F)ccc(Br)c2F)CC1=O. The van der Waals surface area contributed by atoms with Gasteiger partial charge in [-0.25, -0.2) is 8.78 Å². The molecule has 0 aliphatic carbocycles.